The summed E-state index contributed by atoms with van der Waals surface area (Å²) >= 11 is 1.25. The second-order valence-corrected chi connectivity index (χ2v) is 4.30. The van der Waals surface area contributed by atoms with Crippen molar-refractivity contribution >= 4 is 11.8 Å². The summed E-state index contributed by atoms with van der Waals surface area (Å²) in [5.74, 6) is 0.336. The molecule has 4 nitrogen and oxygen atoms in total. The van der Waals surface area contributed by atoms with Crippen LogP contribution in [0.1, 0.15) is 11.4 Å². The molecule has 0 aliphatic rings. The molecular weight excluding hydrogens is 229 g/mol. The van der Waals surface area contributed by atoms with Crippen LogP contribution in [0.2, 0.25) is 0 Å². The Kier molecular flexibility index (Phi) is 3.21. The summed E-state index contributed by atoms with van der Waals surface area (Å²) in [5.41, 5.74) is 0.537. The lowest BCUT2D eigenvalue weighted by Crippen LogP contribution is -1.87. The van der Waals surface area contributed by atoms with Crippen LogP contribution in [0.15, 0.2) is 28.3 Å². The Balaban J connectivity index is 2.24. The number of rotatable bonds is 3. The minimum absolute atomic E-state index is 0.182. The van der Waals surface area contributed by atoms with Crippen molar-refractivity contribution in [2.24, 2.45) is 0 Å². The SMILES string of the molecule is Cc1nc(Sc2cc(F)cc(CO)c2)n[nH]1. The van der Waals surface area contributed by atoms with Gasteiger partial charge >= 0.3 is 0 Å². The molecule has 1 aromatic heterocycles. The van der Waals surface area contributed by atoms with Crippen molar-refractivity contribution in [2.75, 3.05) is 0 Å². The molecule has 2 rings (SSSR count). The van der Waals surface area contributed by atoms with E-state index in [-0.39, 0.29) is 12.4 Å². The standard InChI is InChI=1S/C10H10FN3OS/c1-6-12-10(14-13-6)16-9-3-7(5-15)2-8(11)4-9/h2-4,15H,5H2,1H3,(H,12,13,14). The highest BCUT2D eigenvalue weighted by Crippen LogP contribution is 2.26. The minimum Gasteiger partial charge on any atom is -0.392 e. The predicted octanol–water partition coefficient (Wildman–Crippen LogP) is 1.90. The van der Waals surface area contributed by atoms with Gasteiger partial charge in [0, 0.05) is 4.90 Å². The molecule has 0 fully saturated rings. The summed E-state index contributed by atoms with van der Waals surface area (Å²) in [4.78, 5) is 4.77. The van der Waals surface area contributed by atoms with Crippen LogP contribution in [0, 0.1) is 12.7 Å². The van der Waals surface area contributed by atoms with Gasteiger partial charge in [-0.1, -0.05) is 0 Å². The predicted molar refractivity (Wildman–Crippen MR) is 57.6 cm³/mol. The lowest BCUT2D eigenvalue weighted by molar-refractivity contribution is 0.281. The Morgan fingerprint density at radius 2 is 2.25 bits per heavy atom. The van der Waals surface area contributed by atoms with Crippen molar-refractivity contribution in [3.05, 3.63) is 35.4 Å². The van der Waals surface area contributed by atoms with Crippen molar-refractivity contribution in [2.45, 2.75) is 23.6 Å². The molecule has 0 spiro atoms. The summed E-state index contributed by atoms with van der Waals surface area (Å²) < 4.78 is 13.1. The van der Waals surface area contributed by atoms with Gasteiger partial charge in [-0.05, 0) is 42.4 Å². The van der Waals surface area contributed by atoms with E-state index in [1.54, 1.807) is 13.0 Å². The molecule has 0 aliphatic heterocycles. The summed E-state index contributed by atoms with van der Waals surface area (Å²) in [5, 5.41) is 16.1. The first-order valence-electron chi connectivity index (χ1n) is 4.64. The fraction of sp³-hybridized carbons (Fsp3) is 0.200. The van der Waals surface area contributed by atoms with Gasteiger partial charge in [0.1, 0.15) is 11.6 Å². The molecule has 0 atom stereocenters. The van der Waals surface area contributed by atoms with Crippen LogP contribution in [0.4, 0.5) is 4.39 Å². The maximum atomic E-state index is 13.1. The Labute approximate surface area is 95.9 Å². The van der Waals surface area contributed by atoms with Gasteiger partial charge in [0.25, 0.3) is 0 Å². The highest BCUT2D eigenvalue weighted by molar-refractivity contribution is 7.99. The number of hydrogen-bond donors (Lipinski definition) is 2. The quantitative estimate of drug-likeness (QED) is 0.858. The highest BCUT2D eigenvalue weighted by atomic mass is 32.2. The average molecular weight is 239 g/mol. The van der Waals surface area contributed by atoms with E-state index in [4.69, 9.17) is 5.11 Å². The summed E-state index contributed by atoms with van der Waals surface area (Å²) in [7, 11) is 0. The number of aromatic nitrogens is 3. The zero-order valence-corrected chi connectivity index (χ0v) is 9.38. The molecule has 16 heavy (non-hydrogen) atoms. The van der Waals surface area contributed by atoms with Crippen LogP contribution in [0.3, 0.4) is 0 Å². The topological polar surface area (TPSA) is 61.8 Å². The monoisotopic (exact) mass is 239 g/mol. The molecule has 2 N–H and O–H groups in total. The zero-order valence-electron chi connectivity index (χ0n) is 8.57. The van der Waals surface area contributed by atoms with E-state index in [2.05, 4.69) is 15.2 Å². The van der Waals surface area contributed by atoms with Gasteiger partial charge < -0.3 is 5.11 Å². The van der Waals surface area contributed by atoms with Crippen LogP contribution in [-0.4, -0.2) is 20.3 Å². The Morgan fingerprint density at radius 1 is 1.44 bits per heavy atom. The number of nitrogens with one attached hydrogen (secondary N) is 1. The van der Waals surface area contributed by atoms with Crippen molar-refractivity contribution in [1.82, 2.24) is 15.2 Å². The largest absolute Gasteiger partial charge is 0.392 e. The summed E-state index contributed by atoms with van der Waals surface area (Å²) in [6, 6.07) is 4.39. The molecule has 0 aliphatic carbocycles. The van der Waals surface area contributed by atoms with Gasteiger partial charge in [0.15, 0.2) is 0 Å². The molecule has 6 heteroatoms. The van der Waals surface area contributed by atoms with Gasteiger partial charge in [0.05, 0.1) is 6.61 Å². The number of aliphatic hydroxyl groups is 1. The zero-order chi connectivity index (χ0) is 11.5. The number of aromatic amines is 1. The van der Waals surface area contributed by atoms with Gasteiger partial charge in [0.2, 0.25) is 5.16 Å². The number of hydrogen-bond acceptors (Lipinski definition) is 4. The maximum absolute atomic E-state index is 13.1. The Bertz CT molecular complexity index is 501. The summed E-state index contributed by atoms with van der Waals surface area (Å²) in [6.07, 6.45) is 0. The van der Waals surface area contributed by atoms with Crippen LogP contribution >= 0.6 is 11.8 Å². The van der Waals surface area contributed by atoms with Gasteiger partial charge in [-0.3, -0.25) is 5.10 Å². The fourth-order valence-corrected chi connectivity index (χ4v) is 2.11. The third-order valence-corrected chi connectivity index (χ3v) is 2.74. The van der Waals surface area contributed by atoms with Gasteiger partial charge in [-0.2, -0.15) is 0 Å². The van der Waals surface area contributed by atoms with Gasteiger partial charge in [-0.15, -0.1) is 5.10 Å². The van der Waals surface area contributed by atoms with E-state index in [1.165, 1.54) is 23.9 Å². The number of halogens is 1. The lowest BCUT2D eigenvalue weighted by atomic mass is 10.2. The number of benzene rings is 1. The third-order valence-electron chi connectivity index (χ3n) is 1.90. The van der Waals surface area contributed by atoms with Crippen molar-refractivity contribution in [3.8, 4) is 0 Å². The number of aryl methyl sites for hydroxylation is 1. The highest BCUT2D eigenvalue weighted by Gasteiger charge is 2.05. The Morgan fingerprint density at radius 3 is 2.88 bits per heavy atom. The Hall–Kier alpha value is -1.40. The molecule has 1 heterocycles. The van der Waals surface area contributed by atoms with E-state index in [9.17, 15) is 4.39 Å². The number of H-pyrrole nitrogens is 1. The van der Waals surface area contributed by atoms with E-state index < -0.39 is 0 Å². The maximum Gasteiger partial charge on any atom is 0.213 e. The molecule has 0 saturated carbocycles. The second kappa shape index (κ2) is 4.63. The fourth-order valence-electron chi connectivity index (χ4n) is 1.24. The molecule has 0 saturated heterocycles. The van der Waals surface area contributed by atoms with Crippen LogP contribution in [0.25, 0.3) is 0 Å². The van der Waals surface area contributed by atoms with E-state index in [0.29, 0.717) is 21.4 Å². The minimum atomic E-state index is -0.374. The molecule has 0 radical (unpaired) electrons. The molecule has 0 amide bonds. The van der Waals surface area contributed by atoms with Gasteiger partial charge in [-0.25, -0.2) is 9.37 Å². The average Bonchev–Trinajstić information content (AvgIpc) is 2.63. The van der Waals surface area contributed by atoms with E-state index in [1.807, 2.05) is 0 Å². The smallest absolute Gasteiger partial charge is 0.213 e. The first-order valence-corrected chi connectivity index (χ1v) is 5.46. The van der Waals surface area contributed by atoms with E-state index >= 15 is 0 Å². The lowest BCUT2D eigenvalue weighted by Gasteiger charge is -2.01. The summed E-state index contributed by atoms with van der Waals surface area (Å²) in [6.45, 7) is 1.61. The molecule has 1 aromatic carbocycles. The third kappa shape index (κ3) is 2.59. The molecule has 0 unspecified atom stereocenters. The van der Waals surface area contributed by atoms with Crippen molar-refractivity contribution in [3.63, 3.8) is 0 Å². The molecular formula is C10H10FN3OS. The first-order chi connectivity index (χ1) is 7.67. The van der Waals surface area contributed by atoms with Crippen LogP contribution in [0.5, 0.6) is 0 Å². The van der Waals surface area contributed by atoms with Crippen LogP contribution in [-0.2, 0) is 6.61 Å². The molecule has 0 bridgehead atoms. The second-order valence-electron chi connectivity index (χ2n) is 3.26. The van der Waals surface area contributed by atoms with Crippen molar-refractivity contribution < 1.29 is 9.50 Å². The normalized spacial score (nSPS) is 10.7. The van der Waals surface area contributed by atoms with Crippen LogP contribution < -0.4 is 0 Å². The van der Waals surface area contributed by atoms with E-state index in [0.717, 1.165) is 0 Å². The number of nitrogens with zero attached hydrogens (tertiary/aromatic N) is 2. The molecule has 2 aromatic rings. The van der Waals surface area contributed by atoms with Crippen molar-refractivity contribution in [1.29, 1.82) is 0 Å². The molecule has 84 valence electrons. The number of aliphatic hydroxyl groups excluding tert-OH is 1. The first kappa shape index (κ1) is 11.1.